The highest BCUT2D eigenvalue weighted by Gasteiger charge is 2.18. The molecule has 1 aliphatic rings. The summed E-state index contributed by atoms with van der Waals surface area (Å²) in [6.45, 7) is 3.47. The molecule has 3 heteroatoms. The van der Waals surface area contributed by atoms with Crippen LogP contribution in [0.5, 0.6) is 0 Å². The van der Waals surface area contributed by atoms with Crippen LogP contribution < -0.4 is 5.32 Å². The van der Waals surface area contributed by atoms with Crippen molar-refractivity contribution in [3.05, 3.63) is 18.2 Å². The first kappa shape index (κ1) is 9.71. The van der Waals surface area contributed by atoms with Crippen molar-refractivity contribution >= 4 is 0 Å². The molecule has 0 radical (unpaired) electrons. The third kappa shape index (κ3) is 2.15. The zero-order valence-corrected chi connectivity index (χ0v) is 9.03. The SMILES string of the molecule is CC1CCC(Cc2nccn2C)NC1. The molecule has 0 amide bonds. The Bertz CT molecular complexity index is 284. The lowest BCUT2D eigenvalue weighted by Crippen LogP contribution is -2.39. The van der Waals surface area contributed by atoms with Crippen molar-refractivity contribution in [1.82, 2.24) is 14.9 Å². The molecule has 2 rings (SSSR count). The molecule has 3 nitrogen and oxygen atoms in total. The summed E-state index contributed by atoms with van der Waals surface area (Å²) < 4.78 is 2.11. The van der Waals surface area contributed by atoms with E-state index in [4.69, 9.17) is 0 Å². The third-order valence-corrected chi connectivity index (χ3v) is 3.11. The maximum Gasteiger partial charge on any atom is 0.109 e. The second-order valence-electron chi connectivity index (χ2n) is 4.45. The van der Waals surface area contributed by atoms with Crippen molar-refractivity contribution in [3.8, 4) is 0 Å². The van der Waals surface area contributed by atoms with E-state index in [2.05, 4.69) is 28.8 Å². The van der Waals surface area contributed by atoms with Gasteiger partial charge in [-0.05, 0) is 25.3 Å². The smallest absolute Gasteiger partial charge is 0.109 e. The fourth-order valence-corrected chi connectivity index (χ4v) is 2.05. The summed E-state index contributed by atoms with van der Waals surface area (Å²) in [5.41, 5.74) is 0. The van der Waals surface area contributed by atoms with E-state index in [0.717, 1.165) is 18.9 Å². The van der Waals surface area contributed by atoms with E-state index in [1.807, 2.05) is 12.4 Å². The topological polar surface area (TPSA) is 29.9 Å². The van der Waals surface area contributed by atoms with Crippen LogP contribution in [-0.2, 0) is 13.5 Å². The van der Waals surface area contributed by atoms with Crippen LogP contribution in [-0.4, -0.2) is 22.1 Å². The monoisotopic (exact) mass is 193 g/mol. The minimum absolute atomic E-state index is 0.632. The molecular formula is C11H19N3. The predicted octanol–water partition coefficient (Wildman–Crippen LogP) is 1.35. The van der Waals surface area contributed by atoms with Gasteiger partial charge in [0.2, 0.25) is 0 Å². The van der Waals surface area contributed by atoms with Crippen molar-refractivity contribution in [2.24, 2.45) is 13.0 Å². The molecule has 0 aliphatic carbocycles. The number of nitrogens with one attached hydrogen (secondary N) is 1. The molecule has 0 bridgehead atoms. The molecule has 0 spiro atoms. The molecule has 2 atom stereocenters. The van der Waals surface area contributed by atoms with Crippen molar-refractivity contribution < 1.29 is 0 Å². The second kappa shape index (κ2) is 4.13. The Morgan fingerprint density at radius 3 is 3.00 bits per heavy atom. The third-order valence-electron chi connectivity index (χ3n) is 3.11. The number of rotatable bonds is 2. The van der Waals surface area contributed by atoms with Gasteiger partial charge in [0.25, 0.3) is 0 Å². The molecule has 0 aromatic carbocycles. The predicted molar refractivity (Wildman–Crippen MR) is 57.1 cm³/mol. The number of aromatic nitrogens is 2. The van der Waals surface area contributed by atoms with Crippen molar-refractivity contribution in [1.29, 1.82) is 0 Å². The van der Waals surface area contributed by atoms with E-state index in [-0.39, 0.29) is 0 Å². The Kier molecular flexibility index (Phi) is 2.87. The van der Waals surface area contributed by atoms with Gasteiger partial charge in [0.05, 0.1) is 0 Å². The van der Waals surface area contributed by atoms with E-state index in [9.17, 15) is 0 Å². The molecule has 2 heterocycles. The normalized spacial score (nSPS) is 27.9. The Hall–Kier alpha value is -0.830. The Labute approximate surface area is 85.5 Å². The quantitative estimate of drug-likeness (QED) is 0.768. The Morgan fingerprint density at radius 2 is 2.43 bits per heavy atom. The lowest BCUT2D eigenvalue weighted by Gasteiger charge is -2.27. The summed E-state index contributed by atoms with van der Waals surface area (Å²) in [6, 6.07) is 0.632. The summed E-state index contributed by atoms with van der Waals surface area (Å²) >= 11 is 0. The summed E-state index contributed by atoms with van der Waals surface area (Å²) in [5, 5.41) is 3.58. The van der Waals surface area contributed by atoms with Gasteiger partial charge in [0.15, 0.2) is 0 Å². The second-order valence-corrected chi connectivity index (χ2v) is 4.45. The minimum Gasteiger partial charge on any atom is -0.338 e. The minimum atomic E-state index is 0.632. The maximum absolute atomic E-state index is 4.35. The van der Waals surface area contributed by atoms with Crippen LogP contribution in [0, 0.1) is 5.92 Å². The number of imidazole rings is 1. The van der Waals surface area contributed by atoms with E-state index < -0.39 is 0 Å². The summed E-state index contributed by atoms with van der Waals surface area (Å²) in [6.07, 6.45) is 7.59. The summed E-state index contributed by atoms with van der Waals surface area (Å²) in [7, 11) is 2.06. The number of piperidine rings is 1. The van der Waals surface area contributed by atoms with E-state index in [1.54, 1.807) is 0 Å². The highest BCUT2D eigenvalue weighted by molar-refractivity contribution is 4.95. The largest absolute Gasteiger partial charge is 0.338 e. The van der Waals surface area contributed by atoms with Crippen LogP contribution in [0.2, 0.25) is 0 Å². The van der Waals surface area contributed by atoms with E-state index in [0.29, 0.717) is 6.04 Å². The zero-order chi connectivity index (χ0) is 9.97. The van der Waals surface area contributed by atoms with E-state index in [1.165, 1.54) is 18.7 Å². The average molecular weight is 193 g/mol. The van der Waals surface area contributed by atoms with Gasteiger partial charge in [-0.1, -0.05) is 6.92 Å². The van der Waals surface area contributed by atoms with Gasteiger partial charge in [-0.3, -0.25) is 0 Å². The molecule has 0 saturated carbocycles. The summed E-state index contributed by atoms with van der Waals surface area (Å²) in [5.74, 6) is 2.03. The van der Waals surface area contributed by atoms with Gasteiger partial charge >= 0.3 is 0 Å². The van der Waals surface area contributed by atoms with Crippen LogP contribution in [0.1, 0.15) is 25.6 Å². The molecule has 1 aliphatic heterocycles. The fraction of sp³-hybridized carbons (Fsp3) is 0.727. The van der Waals surface area contributed by atoms with Crippen LogP contribution >= 0.6 is 0 Å². The van der Waals surface area contributed by atoms with Gasteiger partial charge < -0.3 is 9.88 Å². The molecule has 1 aromatic rings. The molecule has 1 saturated heterocycles. The number of hydrogen-bond acceptors (Lipinski definition) is 2. The highest BCUT2D eigenvalue weighted by Crippen LogP contribution is 2.15. The molecule has 1 fully saturated rings. The first-order valence-corrected chi connectivity index (χ1v) is 5.45. The number of hydrogen-bond donors (Lipinski definition) is 1. The average Bonchev–Trinajstić information content (AvgIpc) is 2.56. The zero-order valence-electron chi connectivity index (χ0n) is 9.03. The maximum atomic E-state index is 4.35. The fourth-order valence-electron chi connectivity index (χ4n) is 2.05. The Balaban J connectivity index is 1.89. The molecule has 78 valence electrons. The number of nitrogens with zero attached hydrogens (tertiary/aromatic N) is 2. The Morgan fingerprint density at radius 1 is 1.57 bits per heavy atom. The summed E-state index contributed by atoms with van der Waals surface area (Å²) in [4.78, 5) is 4.35. The molecule has 14 heavy (non-hydrogen) atoms. The van der Waals surface area contributed by atoms with Gasteiger partial charge in [-0.25, -0.2) is 4.98 Å². The van der Waals surface area contributed by atoms with Gasteiger partial charge in [-0.2, -0.15) is 0 Å². The van der Waals surface area contributed by atoms with Crippen molar-refractivity contribution in [2.75, 3.05) is 6.54 Å². The van der Waals surface area contributed by atoms with Crippen LogP contribution in [0.3, 0.4) is 0 Å². The van der Waals surface area contributed by atoms with Crippen LogP contribution in [0.25, 0.3) is 0 Å². The lowest BCUT2D eigenvalue weighted by molar-refractivity contribution is 0.322. The van der Waals surface area contributed by atoms with E-state index >= 15 is 0 Å². The van der Waals surface area contributed by atoms with Gasteiger partial charge in [-0.15, -0.1) is 0 Å². The van der Waals surface area contributed by atoms with Crippen molar-refractivity contribution in [2.45, 2.75) is 32.2 Å². The van der Waals surface area contributed by atoms with Gasteiger partial charge in [0, 0.05) is 31.9 Å². The standard InChI is InChI=1S/C11H19N3/c1-9-3-4-10(13-8-9)7-11-12-5-6-14(11)2/h5-6,9-10,13H,3-4,7-8H2,1-2H3. The molecular weight excluding hydrogens is 174 g/mol. The molecule has 1 N–H and O–H groups in total. The van der Waals surface area contributed by atoms with Crippen LogP contribution in [0.15, 0.2) is 12.4 Å². The molecule has 1 aromatic heterocycles. The first-order chi connectivity index (χ1) is 6.75. The lowest BCUT2D eigenvalue weighted by atomic mass is 9.94. The molecule has 2 unspecified atom stereocenters. The van der Waals surface area contributed by atoms with Crippen LogP contribution in [0.4, 0.5) is 0 Å². The highest BCUT2D eigenvalue weighted by atomic mass is 15.0. The number of aryl methyl sites for hydroxylation is 1. The first-order valence-electron chi connectivity index (χ1n) is 5.45. The van der Waals surface area contributed by atoms with Gasteiger partial charge in [0.1, 0.15) is 5.82 Å². The van der Waals surface area contributed by atoms with Crippen molar-refractivity contribution in [3.63, 3.8) is 0 Å².